The quantitative estimate of drug-likeness (QED) is 0.812. The average molecular weight is 334 g/mol. The van der Waals surface area contributed by atoms with Crippen molar-refractivity contribution in [3.63, 3.8) is 0 Å². The highest BCUT2D eigenvalue weighted by atomic mass is 32.1. The second-order valence-corrected chi connectivity index (χ2v) is 7.69. The first-order chi connectivity index (χ1) is 11.0. The van der Waals surface area contributed by atoms with E-state index in [4.69, 9.17) is 4.52 Å². The summed E-state index contributed by atoms with van der Waals surface area (Å²) in [6.45, 7) is 11.6. The van der Waals surface area contributed by atoms with E-state index in [-0.39, 0.29) is 0 Å². The summed E-state index contributed by atoms with van der Waals surface area (Å²) in [5.74, 6) is 1.71. The van der Waals surface area contributed by atoms with Crippen LogP contribution in [0, 0.1) is 26.7 Å². The maximum Gasteiger partial charge on any atom is 0.138 e. The number of rotatable bonds is 6. The summed E-state index contributed by atoms with van der Waals surface area (Å²) >= 11 is 1.76. The van der Waals surface area contributed by atoms with Crippen molar-refractivity contribution in [1.29, 1.82) is 0 Å². The molecule has 2 aromatic rings. The Morgan fingerprint density at radius 2 is 2.17 bits per heavy atom. The number of hydrogen-bond donors (Lipinski definition) is 0. The van der Waals surface area contributed by atoms with Gasteiger partial charge >= 0.3 is 0 Å². The Morgan fingerprint density at radius 1 is 1.35 bits per heavy atom. The molecule has 0 saturated carbocycles. The topological polar surface area (TPSA) is 45.4 Å². The van der Waals surface area contributed by atoms with E-state index in [0.29, 0.717) is 0 Å². The van der Waals surface area contributed by atoms with Gasteiger partial charge in [-0.1, -0.05) is 5.16 Å². The summed E-state index contributed by atoms with van der Waals surface area (Å²) in [7, 11) is 2.22. The van der Waals surface area contributed by atoms with Crippen molar-refractivity contribution in [2.75, 3.05) is 26.7 Å². The van der Waals surface area contributed by atoms with Gasteiger partial charge in [-0.2, -0.15) is 0 Å². The number of hydrogen-bond acceptors (Lipinski definition) is 6. The molecule has 0 N–H and O–H groups in total. The Morgan fingerprint density at radius 3 is 2.83 bits per heavy atom. The van der Waals surface area contributed by atoms with Crippen LogP contribution in [-0.2, 0) is 13.1 Å². The standard InChI is InChI=1S/C17H26N4OS/c1-12-16(14(3)22-19-12)9-21-6-5-15(8-21)7-20(4)10-17-13(2)18-11-23-17/h11,15H,5-10H2,1-4H3/t15-/m1/s1. The molecule has 0 amide bonds. The van der Waals surface area contributed by atoms with Crippen LogP contribution >= 0.6 is 11.3 Å². The fourth-order valence-corrected chi connectivity index (χ4v) is 4.24. The van der Waals surface area contributed by atoms with Crippen LogP contribution in [0.25, 0.3) is 0 Å². The fraction of sp³-hybridized carbons (Fsp3) is 0.647. The molecule has 1 fully saturated rings. The first-order valence-corrected chi connectivity index (χ1v) is 9.12. The molecular formula is C17H26N4OS. The normalized spacial score (nSPS) is 19.1. The van der Waals surface area contributed by atoms with Gasteiger partial charge in [0, 0.05) is 36.6 Å². The minimum atomic E-state index is 0.744. The first kappa shape index (κ1) is 16.6. The first-order valence-electron chi connectivity index (χ1n) is 8.24. The molecule has 0 aliphatic carbocycles. The van der Waals surface area contributed by atoms with Gasteiger partial charge < -0.3 is 9.42 Å². The predicted molar refractivity (Wildman–Crippen MR) is 92.5 cm³/mol. The average Bonchev–Trinajstić information content (AvgIpc) is 3.18. The number of thiazole rings is 1. The minimum absolute atomic E-state index is 0.744. The molecule has 0 unspecified atom stereocenters. The second kappa shape index (κ2) is 7.11. The molecule has 1 aliphatic heterocycles. The van der Waals surface area contributed by atoms with Crippen LogP contribution in [-0.4, -0.2) is 46.6 Å². The summed E-state index contributed by atoms with van der Waals surface area (Å²) in [5, 5.41) is 4.06. The molecule has 1 aliphatic rings. The van der Waals surface area contributed by atoms with Crippen LogP contribution in [0.1, 0.15) is 34.0 Å². The van der Waals surface area contributed by atoms with E-state index in [2.05, 4.69) is 33.9 Å². The Kier molecular flexibility index (Phi) is 5.14. The van der Waals surface area contributed by atoms with E-state index in [1.807, 2.05) is 19.4 Å². The summed E-state index contributed by atoms with van der Waals surface area (Å²) in [6, 6.07) is 0. The van der Waals surface area contributed by atoms with Crippen molar-refractivity contribution in [3.05, 3.63) is 33.1 Å². The van der Waals surface area contributed by atoms with Crippen molar-refractivity contribution in [3.8, 4) is 0 Å². The van der Waals surface area contributed by atoms with Gasteiger partial charge in [-0.3, -0.25) is 4.90 Å². The van der Waals surface area contributed by atoms with Crippen molar-refractivity contribution in [2.24, 2.45) is 5.92 Å². The summed E-state index contributed by atoms with van der Waals surface area (Å²) in [5.41, 5.74) is 5.41. The van der Waals surface area contributed by atoms with E-state index in [1.165, 1.54) is 29.1 Å². The smallest absolute Gasteiger partial charge is 0.138 e. The van der Waals surface area contributed by atoms with Gasteiger partial charge in [0.15, 0.2) is 0 Å². The maximum atomic E-state index is 5.28. The lowest BCUT2D eigenvalue weighted by molar-refractivity contribution is 0.255. The zero-order valence-corrected chi connectivity index (χ0v) is 15.3. The van der Waals surface area contributed by atoms with Gasteiger partial charge in [0.1, 0.15) is 5.76 Å². The largest absolute Gasteiger partial charge is 0.361 e. The Hall–Kier alpha value is -1.24. The summed E-state index contributed by atoms with van der Waals surface area (Å²) in [4.78, 5) is 10.7. The molecule has 23 heavy (non-hydrogen) atoms. The van der Waals surface area contributed by atoms with Crippen molar-refractivity contribution in [1.82, 2.24) is 19.9 Å². The lowest BCUT2D eigenvalue weighted by atomic mass is 10.1. The molecule has 1 atom stereocenters. The van der Waals surface area contributed by atoms with Crippen LogP contribution < -0.4 is 0 Å². The fourth-order valence-electron chi connectivity index (χ4n) is 3.39. The second-order valence-electron chi connectivity index (χ2n) is 6.75. The van der Waals surface area contributed by atoms with Crippen molar-refractivity contribution in [2.45, 2.75) is 40.3 Å². The number of likely N-dealkylation sites (tertiary alicyclic amines) is 1. The zero-order valence-electron chi connectivity index (χ0n) is 14.5. The molecule has 0 bridgehead atoms. The molecular weight excluding hydrogens is 308 g/mol. The minimum Gasteiger partial charge on any atom is -0.361 e. The molecule has 0 radical (unpaired) electrons. The third-order valence-electron chi connectivity index (χ3n) is 4.76. The number of aryl methyl sites for hydroxylation is 3. The Balaban J connectivity index is 1.49. The van der Waals surface area contributed by atoms with Gasteiger partial charge in [-0.05, 0) is 46.7 Å². The summed E-state index contributed by atoms with van der Waals surface area (Å²) in [6.07, 6.45) is 1.27. The molecule has 3 heterocycles. The van der Waals surface area contributed by atoms with Gasteiger partial charge in [-0.15, -0.1) is 11.3 Å². The summed E-state index contributed by atoms with van der Waals surface area (Å²) < 4.78 is 5.28. The van der Waals surface area contributed by atoms with Crippen LogP contribution in [0.2, 0.25) is 0 Å². The third kappa shape index (κ3) is 4.00. The monoisotopic (exact) mass is 334 g/mol. The highest BCUT2D eigenvalue weighted by Crippen LogP contribution is 2.23. The van der Waals surface area contributed by atoms with Crippen LogP contribution in [0.15, 0.2) is 10.0 Å². The highest BCUT2D eigenvalue weighted by molar-refractivity contribution is 7.09. The molecule has 2 aromatic heterocycles. The predicted octanol–water partition coefficient (Wildman–Crippen LogP) is 3.01. The van der Waals surface area contributed by atoms with Gasteiger partial charge in [-0.25, -0.2) is 4.98 Å². The molecule has 5 nitrogen and oxygen atoms in total. The highest BCUT2D eigenvalue weighted by Gasteiger charge is 2.25. The number of aromatic nitrogens is 2. The molecule has 3 rings (SSSR count). The lowest BCUT2D eigenvalue weighted by Gasteiger charge is -2.21. The maximum absolute atomic E-state index is 5.28. The Bertz CT molecular complexity index is 631. The molecule has 126 valence electrons. The van der Waals surface area contributed by atoms with E-state index in [0.717, 1.165) is 43.6 Å². The molecule has 6 heteroatoms. The third-order valence-corrected chi connectivity index (χ3v) is 5.68. The van der Waals surface area contributed by atoms with Gasteiger partial charge in [0.25, 0.3) is 0 Å². The zero-order chi connectivity index (χ0) is 16.4. The SMILES string of the molecule is Cc1ncsc1CN(C)C[C@H]1CCN(Cc2c(C)noc2C)C1. The number of nitrogens with zero attached hydrogens (tertiary/aromatic N) is 4. The van der Waals surface area contributed by atoms with E-state index in [9.17, 15) is 0 Å². The molecule has 0 aromatic carbocycles. The van der Waals surface area contributed by atoms with Crippen LogP contribution in [0.4, 0.5) is 0 Å². The molecule has 1 saturated heterocycles. The lowest BCUT2D eigenvalue weighted by Crippen LogP contribution is -2.28. The molecule has 0 spiro atoms. The van der Waals surface area contributed by atoms with Gasteiger partial charge in [0.05, 0.1) is 16.9 Å². The Labute approximate surface area is 142 Å². The van der Waals surface area contributed by atoms with Crippen LogP contribution in [0.3, 0.4) is 0 Å². The van der Waals surface area contributed by atoms with E-state index in [1.54, 1.807) is 11.3 Å². The van der Waals surface area contributed by atoms with E-state index >= 15 is 0 Å². The van der Waals surface area contributed by atoms with Crippen molar-refractivity contribution >= 4 is 11.3 Å². The van der Waals surface area contributed by atoms with Crippen LogP contribution in [0.5, 0.6) is 0 Å². The van der Waals surface area contributed by atoms with Crippen molar-refractivity contribution < 1.29 is 4.52 Å². The van der Waals surface area contributed by atoms with E-state index < -0.39 is 0 Å². The van der Waals surface area contributed by atoms with Gasteiger partial charge in [0.2, 0.25) is 0 Å².